The first-order chi connectivity index (χ1) is 11.1. The quantitative estimate of drug-likeness (QED) is 0.905. The van der Waals surface area contributed by atoms with Crippen LogP contribution in [0.15, 0.2) is 16.5 Å². The van der Waals surface area contributed by atoms with Crippen molar-refractivity contribution in [3.8, 4) is 0 Å². The maximum absolute atomic E-state index is 12.3. The Balaban J connectivity index is 1.31. The Labute approximate surface area is 138 Å². The van der Waals surface area contributed by atoms with Crippen molar-refractivity contribution in [3.05, 3.63) is 23.7 Å². The number of carbonyl (C=O) groups is 1. The largest absolute Gasteiger partial charge is 0.465 e. The smallest absolute Gasteiger partial charge is 0.223 e. The van der Waals surface area contributed by atoms with E-state index < -0.39 is 0 Å². The molecular formula is C19H28N2O2. The summed E-state index contributed by atoms with van der Waals surface area (Å²) in [6.45, 7) is 3.83. The molecule has 1 N–H and O–H groups in total. The molecule has 1 spiro atoms. The highest BCUT2D eigenvalue weighted by atomic mass is 16.3. The molecule has 1 aromatic rings. The summed E-state index contributed by atoms with van der Waals surface area (Å²) in [4.78, 5) is 14.6. The maximum Gasteiger partial charge on any atom is 0.223 e. The van der Waals surface area contributed by atoms with Crippen LogP contribution < -0.4 is 5.32 Å². The second-order valence-electron chi connectivity index (χ2n) is 7.84. The molecule has 4 heteroatoms. The van der Waals surface area contributed by atoms with Gasteiger partial charge in [0.05, 0.1) is 6.54 Å². The first-order valence-electron chi connectivity index (χ1n) is 9.24. The zero-order valence-electron chi connectivity index (χ0n) is 14.1. The third-order valence-electron chi connectivity index (χ3n) is 6.09. The fourth-order valence-corrected chi connectivity index (χ4v) is 4.43. The molecule has 2 saturated carbocycles. The molecule has 0 radical (unpaired) electrons. The van der Waals surface area contributed by atoms with Crippen LogP contribution in [0.1, 0.15) is 62.9 Å². The number of nitrogens with zero attached hydrogens (tertiary/aromatic N) is 1. The summed E-state index contributed by atoms with van der Waals surface area (Å²) in [5, 5.41) is 3.64. The average Bonchev–Trinajstić information content (AvgIpc) is 3.22. The number of hydrogen-bond donors (Lipinski definition) is 1. The summed E-state index contributed by atoms with van der Waals surface area (Å²) in [7, 11) is 0. The van der Waals surface area contributed by atoms with Crippen LogP contribution in [0.2, 0.25) is 0 Å². The highest BCUT2D eigenvalue weighted by Crippen LogP contribution is 2.44. The predicted molar refractivity (Wildman–Crippen MR) is 88.9 cm³/mol. The molecule has 0 unspecified atom stereocenters. The number of hydrogen-bond acceptors (Lipinski definition) is 3. The Hall–Kier alpha value is -1.29. The summed E-state index contributed by atoms with van der Waals surface area (Å²) < 4.78 is 5.63. The Kier molecular flexibility index (Phi) is 3.96. The van der Waals surface area contributed by atoms with Gasteiger partial charge in [0.15, 0.2) is 0 Å². The lowest BCUT2D eigenvalue weighted by Crippen LogP contribution is -2.51. The molecule has 0 bridgehead atoms. The molecule has 1 aliphatic heterocycles. The minimum absolute atomic E-state index is 0.194. The molecule has 2 heterocycles. The van der Waals surface area contributed by atoms with E-state index in [2.05, 4.69) is 16.3 Å². The molecule has 2 aliphatic carbocycles. The van der Waals surface area contributed by atoms with E-state index in [4.69, 9.17) is 4.42 Å². The lowest BCUT2D eigenvalue weighted by molar-refractivity contribution is -0.132. The number of likely N-dealkylation sites (tertiary alicyclic amines) is 1. The van der Waals surface area contributed by atoms with E-state index in [1.807, 2.05) is 13.0 Å². The molecule has 4 rings (SSSR count). The SMILES string of the molecule is Cc1ccc(CNC2CCC3(CCC(=O)N3CC3CC3)CC2)o1. The number of rotatable bonds is 5. The van der Waals surface area contributed by atoms with Gasteiger partial charge in [-0.2, -0.15) is 0 Å². The van der Waals surface area contributed by atoms with Gasteiger partial charge < -0.3 is 14.6 Å². The Morgan fingerprint density at radius 1 is 1.22 bits per heavy atom. The first-order valence-corrected chi connectivity index (χ1v) is 9.24. The van der Waals surface area contributed by atoms with Gasteiger partial charge in [-0.15, -0.1) is 0 Å². The van der Waals surface area contributed by atoms with Crippen molar-refractivity contribution >= 4 is 5.91 Å². The van der Waals surface area contributed by atoms with Crippen molar-refractivity contribution in [1.82, 2.24) is 10.2 Å². The molecule has 126 valence electrons. The van der Waals surface area contributed by atoms with Gasteiger partial charge in [0.25, 0.3) is 0 Å². The second-order valence-corrected chi connectivity index (χ2v) is 7.84. The molecule has 1 amide bonds. The minimum Gasteiger partial charge on any atom is -0.465 e. The van der Waals surface area contributed by atoms with Crippen molar-refractivity contribution in [3.63, 3.8) is 0 Å². The van der Waals surface area contributed by atoms with Crippen LogP contribution in [0.3, 0.4) is 0 Å². The molecule has 3 fully saturated rings. The average molecular weight is 316 g/mol. The topological polar surface area (TPSA) is 45.5 Å². The number of carbonyl (C=O) groups excluding carboxylic acids is 1. The van der Waals surface area contributed by atoms with Crippen LogP contribution in [-0.4, -0.2) is 28.9 Å². The second kappa shape index (κ2) is 5.97. The van der Waals surface area contributed by atoms with Gasteiger partial charge in [-0.3, -0.25) is 4.79 Å². The van der Waals surface area contributed by atoms with Crippen molar-refractivity contribution in [2.75, 3.05) is 6.54 Å². The van der Waals surface area contributed by atoms with E-state index in [1.54, 1.807) is 0 Å². The summed E-state index contributed by atoms with van der Waals surface area (Å²) in [6.07, 6.45) is 9.20. The lowest BCUT2D eigenvalue weighted by atomic mass is 9.77. The number of amides is 1. The van der Waals surface area contributed by atoms with Gasteiger partial charge in [-0.05, 0) is 69.9 Å². The number of furan rings is 1. The molecular weight excluding hydrogens is 288 g/mol. The van der Waals surface area contributed by atoms with Gasteiger partial charge in [0, 0.05) is 24.5 Å². The van der Waals surface area contributed by atoms with E-state index in [0.717, 1.165) is 43.4 Å². The monoisotopic (exact) mass is 316 g/mol. The van der Waals surface area contributed by atoms with Gasteiger partial charge in [-0.1, -0.05) is 0 Å². The molecule has 0 atom stereocenters. The van der Waals surface area contributed by atoms with Gasteiger partial charge in [0.2, 0.25) is 5.91 Å². The molecule has 4 nitrogen and oxygen atoms in total. The van der Waals surface area contributed by atoms with E-state index >= 15 is 0 Å². The van der Waals surface area contributed by atoms with E-state index in [1.165, 1.54) is 38.5 Å². The van der Waals surface area contributed by atoms with E-state index in [9.17, 15) is 4.79 Å². The van der Waals surface area contributed by atoms with Crippen LogP contribution >= 0.6 is 0 Å². The summed E-state index contributed by atoms with van der Waals surface area (Å²) in [5.74, 6) is 3.21. The normalized spacial score (nSPS) is 31.3. The zero-order valence-corrected chi connectivity index (χ0v) is 14.1. The van der Waals surface area contributed by atoms with Crippen LogP contribution in [0.4, 0.5) is 0 Å². The zero-order chi connectivity index (χ0) is 15.9. The fourth-order valence-electron chi connectivity index (χ4n) is 4.43. The van der Waals surface area contributed by atoms with E-state index in [0.29, 0.717) is 11.9 Å². The van der Waals surface area contributed by atoms with Gasteiger partial charge >= 0.3 is 0 Å². The van der Waals surface area contributed by atoms with Crippen molar-refractivity contribution in [2.45, 2.75) is 76.4 Å². The summed E-state index contributed by atoms with van der Waals surface area (Å²) in [6, 6.07) is 4.64. The van der Waals surface area contributed by atoms with E-state index in [-0.39, 0.29) is 5.54 Å². The molecule has 1 aromatic heterocycles. The number of aryl methyl sites for hydroxylation is 1. The van der Waals surface area contributed by atoms with Crippen molar-refractivity contribution in [2.24, 2.45) is 5.92 Å². The fraction of sp³-hybridized carbons (Fsp3) is 0.737. The Morgan fingerprint density at radius 2 is 2.00 bits per heavy atom. The Bertz CT molecular complexity index is 568. The van der Waals surface area contributed by atoms with Crippen molar-refractivity contribution in [1.29, 1.82) is 0 Å². The predicted octanol–water partition coefficient (Wildman–Crippen LogP) is 3.39. The third-order valence-corrected chi connectivity index (χ3v) is 6.09. The first kappa shape index (κ1) is 15.3. The van der Waals surface area contributed by atoms with Crippen LogP contribution in [0.5, 0.6) is 0 Å². The van der Waals surface area contributed by atoms with Crippen LogP contribution in [-0.2, 0) is 11.3 Å². The Morgan fingerprint density at radius 3 is 2.65 bits per heavy atom. The highest BCUT2D eigenvalue weighted by Gasteiger charge is 2.48. The highest BCUT2D eigenvalue weighted by molar-refractivity contribution is 5.79. The summed E-state index contributed by atoms with van der Waals surface area (Å²) >= 11 is 0. The molecule has 23 heavy (non-hydrogen) atoms. The van der Waals surface area contributed by atoms with Crippen LogP contribution in [0.25, 0.3) is 0 Å². The summed E-state index contributed by atoms with van der Waals surface area (Å²) in [5.41, 5.74) is 0.194. The minimum atomic E-state index is 0.194. The molecule has 1 saturated heterocycles. The third kappa shape index (κ3) is 3.18. The number of nitrogens with one attached hydrogen (secondary N) is 1. The van der Waals surface area contributed by atoms with Gasteiger partial charge in [-0.25, -0.2) is 0 Å². The molecule has 3 aliphatic rings. The van der Waals surface area contributed by atoms with Crippen molar-refractivity contribution < 1.29 is 9.21 Å². The van der Waals surface area contributed by atoms with Crippen LogP contribution in [0, 0.1) is 12.8 Å². The lowest BCUT2D eigenvalue weighted by Gasteiger charge is -2.44. The molecule has 0 aromatic carbocycles. The standard InChI is InChI=1S/C19H28N2O2/c1-14-2-5-17(23-14)12-20-16-6-9-19(10-7-16)11-8-18(22)21(19)13-15-3-4-15/h2,5,15-16,20H,3-4,6-13H2,1H3. The van der Waals surface area contributed by atoms with Gasteiger partial charge in [0.1, 0.15) is 11.5 Å². The maximum atomic E-state index is 12.3.